The van der Waals surface area contributed by atoms with Crippen LogP contribution in [0.5, 0.6) is 0 Å². The van der Waals surface area contributed by atoms with Gasteiger partial charge in [0, 0.05) is 23.8 Å². The summed E-state index contributed by atoms with van der Waals surface area (Å²) in [5.41, 5.74) is 8.27. The van der Waals surface area contributed by atoms with E-state index in [1.807, 2.05) is 31.2 Å². The molecule has 3 rings (SSSR count). The molecule has 6 nitrogen and oxygen atoms in total. The molecule has 3 N–H and O–H groups in total. The third-order valence-corrected chi connectivity index (χ3v) is 4.09. The second-order valence-corrected chi connectivity index (χ2v) is 6.08. The van der Waals surface area contributed by atoms with E-state index in [9.17, 15) is 9.59 Å². The lowest BCUT2D eigenvalue weighted by molar-refractivity contribution is -0.117. The molecule has 1 atom stereocenters. The van der Waals surface area contributed by atoms with E-state index < -0.39 is 0 Å². The molecule has 1 aromatic carbocycles. The average molecular weight is 364 g/mol. The maximum atomic E-state index is 12.3. The van der Waals surface area contributed by atoms with Crippen LogP contribution >= 0.6 is 12.4 Å². The molecule has 2 amide bonds. The Balaban J connectivity index is 0.00000225. The standard InChI is InChI=1S/C18H21N3O3.ClH/c1-12(19)6-8-20-18(23)17-14(7-9-24-17)11-21-15-5-3-2-4-13(15)10-16(21)22;/h2-5,7,9,12H,6,8,10-11,19H2,1H3,(H,20,23);1H. The second-order valence-electron chi connectivity index (χ2n) is 6.08. The summed E-state index contributed by atoms with van der Waals surface area (Å²) >= 11 is 0. The van der Waals surface area contributed by atoms with Crippen LogP contribution in [-0.2, 0) is 17.8 Å². The predicted octanol–water partition coefficient (Wildman–Crippen LogP) is 2.26. The Morgan fingerprint density at radius 1 is 1.36 bits per heavy atom. The Labute approximate surface area is 152 Å². The molecule has 0 bridgehead atoms. The Hall–Kier alpha value is -2.31. The average Bonchev–Trinajstić information content (AvgIpc) is 3.12. The molecule has 0 fully saturated rings. The molecule has 0 saturated carbocycles. The van der Waals surface area contributed by atoms with Crippen LogP contribution in [0.4, 0.5) is 5.69 Å². The van der Waals surface area contributed by atoms with Crippen LogP contribution in [0.15, 0.2) is 41.0 Å². The zero-order valence-corrected chi connectivity index (χ0v) is 14.8. The first-order valence-electron chi connectivity index (χ1n) is 8.04. The molecule has 0 aliphatic carbocycles. The molecule has 2 aromatic rings. The number of nitrogens with two attached hydrogens (primary N) is 1. The van der Waals surface area contributed by atoms with Gasteiger partial charge in [-0.3, -0.25) is 9.59 Å². The number of benzene rings is 1. The van der Waals surface area contributed by atoms with Crippen molar-refractivity contribution in [3.63, 3.8) is 0 Å². The van der Waals surface area contributed by atoms with Gasteiger partial charge in [-0.1, -0.05) is 18.2 Å². The Morgan fingerprint density at radius 3 is 2.88 bits per heavy atom. The number of hydrogen-bond donors (Lipinski definition) is 2. The topological polar surface area (TPSA) is 88.6 Å². The number of nitrogens with one attached hydrogen (secondary N) is 1. The van der Waals surface area contributed by atoms with Crippen LogP contribution < -0.4 is 16.0 Å². The molecule has 25 heavy (non-hydrogen) atoms. The van der Waals surface area contributed by atoms with Crippen molar-refractivity contribution in [2.75, 3.05) is 11.4 Å². The number of rotatable bonds is 6. The summed E-state index contributed by atoms with van der Waals surface area (Å²) in [5.74, 6) is -0.00634. The predicted molar refractivity (Wildman–Crippen MR) is 97.9 cm³/mol. The summed E-state index contributed by atoms with van der Waals surface area (Å²) in [6, 6.07) is 9.45. The molecule has 0 radical (unpaired) electrons. The normalized spacial score (nSPS) is 14.0. The first kappa shape index (κ1) is 19.0. The van der Waals surface area contributed by atoms with Crippen molar-refractivity contribution < 1.29 is 14.0 Å². The number of amides is 2. The van der Waals surface area contributed by atoms with Crippen LogP contribution in [0.25, 0.3) is 0 Å². The highest BCUT2D eigenvalue weighted by atomic mass is 35.5. The molecule has 1 aromatic heterocycles. The number of halogens is 1. The summed E-state index contributed by atoms with van der Waals surface area (Å²) in [5, 5.41) is 2.80. The number of fused-ring (bicyclic) bond motifs is 1. The molecule has 1 unspecified atom stereocenters. The van der Waals surface area contributed by atoms with E-state index in [-0.39, 0.29) is 36.0 Å². The summed E-state index contributed by atoms with van der Waals surface area (Å²) in [4.78, 5) is 26.2. The highest BCUT2D eigenvalue weighted by molar-refractivity contribution is 6.01. The van der Waals surface area contributed by atoms with Crippen molar-refractivity contribution in [3.8, 4) is 0 Å². The summed E-state index contributed by atoms with van der Waals surface area (Å²) in [7, 11) is 0. The van der Waals surface area contributed by atoms with Crippen molar-refractivity contribution in [1.29, 1.82) is 0 Å². The minimum Gasteiger partial charge on any atom is -0.459 e. The van der Waals surface area contributed by atoms with Gasteiger partial charge in [0.25, 0.3) is 5.91 Å². The van der Waals surface area contributed by atoms with E-state index in [1.165, 1.54) is 6.26 Å². The van der Waals surface area contributed by atoms with E-state index in [1.54, 1.807) is 11.0 Å². The quantitative estimate of drug-likeness (QED) is 0.823. The van der Waals surface area contributed by atoms with Gasteiger partial charge in [0.2, 0.25) is 5.91 Å². The van der Waals surface area contributed by atoms with Gasteiger partial charge in [0.05, 0.1) is 19.2 Å². The first-order chi connectivity index (χ1) is 11.6. The first-order valence-corrected chi connectivity index (χ1v) is 8.04. The molecule has 0 spiro atoms. The van der Waals surface area contributed by atoms with E-state index >= 15 is 0 Å². The fraction of sp³-hybridized carbons (Fsp3) is 0.333. The molecule has 2 heterocycles. The smallest absolute Gasteiger partial charge is 0.287 e. The molecule has 134 valence electrons. The number of carbonyl (C=O) groups is 2. The van der Waals surface area contributed by atoms with Crippen molar-refractivity contribution in [1.82, 2.24) is 5.32 Å². The molecule has 1 aliphatic heterocycles. The minimum atomic E-state index is -0.282. The zero-order chi connectivity index (χ0) is 17.1. The summed E-state index contributed by atoms with van der Waals surface area (Å²) in [6.07, 6.45) is 2.56. The Morgan fingerprint density at radius 2 is 2.12 bits per heavy atom. The molecule has 7 heteroatoms. The maximum Gasteiger partial charge on any atom is 0.287 e. The number of nitrogens with zero attached hydrogens (tertiary/aromatic N) is 1. The third-order valence-electron chi connectivity index (χ3n) is 4.09. The number of carbonyl (C=O) groups excluding carboxylic acids is 2. The van der Waals surface area contributed by atoms with Crippen molar-refractivity contribution >= 4 is 29.9 Å². The van der Waals surface area contributed by atoms with E-state index in [4.69, 9.17) is 10.2 Å². The van der Waals surface area contributed by atoms with Crippen LogP contribution in [-0.4, -0.2) is 24.4 Å². The highest BCUT2D eigenvalue weighted by Crippen LogP contribution is 2.30. The summed E-state index contributed by atoms with van der Waals surface area (Å²) in [6.45, 7) is 2.70. The van der Waals surface area contributed by atoms with Crippen LogP contribution in [0.2, 0.25) is 0 Å². The highest BCUT2D eigenvalue weighted by Gasteiger charge is 2.28. The SMILES string of the molecule is CC(N)CCNC(=O)c1occc1CN1C(=O)Cc2ccccc21.Cl. The van der Waals surface area contributed by atoms with Crippen LogP contribution in [0, 0.1) is 0 Å². The Kier molecular flexibility index (Phi) is 6.22. The van der Waals surface area contributed by atoms with Crippen molar-refractivity contribution in [2.24, 2.45) is 5.73 Å². The van der Waals surface area contributed by atoms with Crippen molar-refractivity contribution in [3.05, 3.63) is 53.5 Å². The zero-order valence-electron chi connectivity index (χ0n) is 14.0. The van der Waals surface area contributed by atoms with Crippen molar-refractivity contribution in [2.45, 2.75) is 32.4 Å². The monoisotopic (exact) mass is 363 g/mol. The van der Waals surface area contributed by atoms with Gasteiger partial charge in [0.1, 0.15) is 0 Å². The lowest BCUT2D eigenvalue weighted by Crippen LogP contribution is -2.31. The Bertz CT molecular complexity index is 758. The molecule has 1 aliphatic rings. The fourth-order valence-electron chi connectivity index (χ4n) is 2.81. The fourth-order valence-corrected chi connectivity index (χ4v) is 2.81. The lowest BCUT2D eigenvalue weighted by Gasteiger charge is -2.17. The van der Waals surface area contributed by atoms with E-state index in [0.29, 0.717) is 31.5 Å². The van der Waals surface area contributed by atoms with Gasteiger partial charge in [-0.05, 0) is 31.0 Å². The largest absolute Gasteiger partial charge is 0.459 e. The van der Waals surface area contributed by atoms with Gasteiger partial charge in [-0.25, -0.2) is 0 Å². The van der Waals surface area contributed by atoms with Crippen LogP contribution in [0.1, 0.15) is 35.0 Å². The van der Waals surface area contributed by atoms with Gasteiger partial charge in [-0.2, -0.15) is 0 Å². The number of furan rings is 1. The van der Waals surface area contributed by atoms with E-state index in [0.717, 1.165) is 11.3 Å². The van der Waals surface area contributed by atoms with Gasteiger partial charge >= 0.3 is 0 Å². The maximum absolute atomic E-state index is 12.3. The van der Waals surface area contributed by atoms with Gasteiger partial charge in [0.15, 0.2) is 5.76 Å². The van der Waals surface area contributed by atoms with Gasteiger partial charge in [-0.15, -0.1) is 12.4 Å². The third kappa shape index (κ3) is 4.21. The van der Waals surface area contributed by atoms with E-state index in [2.05, 4.69) is 5.32 Å². The summed E-state index contributed by atoms with van der Waals surface area (Å²) < 4.78 is 5.34. The number of para-hydroxylation sites is 1. The van der Waals surface area contributed by atoms with Gasteiger partial charge < -0.3 is 20.4 Å². The van der Waals surface area contributed by atoms with Crippen LogP contribution in [0.3, 0.4) is 0 Å². The molecule has 0 saturated heterocycles. The number of hydrogen-bond acceptors (Lipinski definition) is 4. The number of anilines is 1. The molecular weight excluding hydrogens is 342 g/mol. The minimum absolute atomic E-state index is 0. The molecular formula is C18H22ClN3O3. The lowest BCUT2D eigenvalue weighted by atomic mass is 10.1. The second kappa shape index (κ2) is 8.18.